The molecule has 0 fully saturated rings. The molecule has 23 heavy (non-hydrogen) atoms. The van der Waals surface area contributed by atoms with Crippen molar-refractivity contribution in [2.24, 2.45) is 10.7 Å². The highest BCUT2D eigenvalue weighted by molar-refractivity contribution is 6.17. The highest BCUT2D eigenvalue weighted by Gasteiger charge is 2.21. The van der Waals surface area contributed by atoms with E-state index in [0.29, 0.717) is 34.6 Å². The Morgan fingerprint density at radius 3 is 2.65 bits per heavy atom. The zero-order valence-electron chi connectivity index (χ0n) is 13.5. The molecule has 0 radical (unpaired) electrons. The lowest BCUT2D eigenvalue weighted by Gasteiger charge is -2.13. The molecule has 0 aliphatic carbocycles. The molecule has 0 saturated carbocycles. The molecule has 0 amide bonds. The third-order valence-electron chi connectivity index (χ3n) is 3.40. The van der Waals surface area contributed by atoms with Gasteiger partial charge in [0.05, 0.1) is 17.8 Å². The van der Waals surface area contributed by atoms with Crippen LogP contribution in [0.25, 0.3) is 5.70 Å². The van der Waals surface area contributed by atoms with Crippen LogP contribution in [0.4, 0.5) is 4.39 Å². The molecule has 0 spiro atoms. The van der Waals surface area contributed by atoms with E-state index in [0.717, 1.165) is 0 Å². The van der Waals surface area contributed by atoms with Gasteiger partial charge < -0.3 is 10.8 Å². The lowest BCUT2D eigenvalue weighted by molar-refractivity contribution is 0.467. The minimum absolute atomic E-state index is 0.0937. The average molecular weight is 313 g/mol. The zero-order chi connectivity index (χ0) is 17.0. The molecule has 0 atom stereocenters. The van der Waals surface area contributed by atoms with Crippen molar-refractivity contribution >= 4 is 11.4 Å². The number of fused-ring (bicyclic) bond motifs is 1. The van der Waals surface area contributed by atoms with Crippen molar-refractivity contribution in [3.8, 4) is 5.75 Å². The molecule has 1 aliphatic rings. The standard InChI is InChI=1S/C16H14FN3O.C2H6/c1-9-6-12(17)15(14(21)7-9)16-10-2-4-19-8-11(10)13(18)3-5-20-16;1-2/h2-4,6-8,21H,5,18H2,1H3;1-2H3. The van der Waals surface area contributed by atoms with E-state index in [9.17, 15) is 9.50 Å². The van der Waals surface area contributed by atoms with E-state index in [4.69, 9.17) is 5.73 Å². The number of nitrogens with two attached hydrogens (primary N) is 1. The number of phenolic OH excluding ortho intramolecular Hbond substituents is 1. The number of hydrogen-bond donors (Lipinski definition) is 2. The maximum Gasteiger partial charge on any atom is 0.136 e. The van der Waals surface area contributed by atoms with Gasteiger partial charge in [-0.2, -0.15) is 0 Å². The van der Waals surface area contributed by atoms with Crippen molar-refractivity contribution in [2.45, 2.75) is 20.8 Å². The summed E-state index contributed by atoms with van der Waals surface area (Å²) in [6.45, 7) is 6.04. The molecular formula is C18H20FN3O. The Bertz CT molecular complexity index is 759. The summed E-state index contributed by atoms with van der Waals surface area (Å²) in [5.41, 5.74) is 9.00. The number of benzene rings is 1. The fraction of sp³-hybridized carbons (Fsp3) is 0.222. The minimum atomic E-state index is -0.505. The smallest absolute Gasteiger partial charge is 0.136 e. The van der Waals surface area contributed by atoms with Crippen LogP contribution in [0.2, 0.25) is 0 Å². The summed E-state index contributed by atoms with van der Waals surface area (Å²) in [7, 11) is 0. The van der Waals surface area contributed by atoms with Crippen molar-refractivity contribution in [2.75, 3.05) is 6.54 Å². The number of nitrogens with zero attached hydrogens (tertiary/aromatic N) is 2. The van der Waals surface area contributed by atoms with Crippen LogP contribution >= 0.6 is 0 Å². The van der Waals surface area contributed by atoms with Crippen LogP contribution in [0.15, 0.2) is 41.7 Å². The Kier molecular flexibility index (Phi) is 5.11. The molecule has 0 saturated heterocycles. The van der Waals surface area contributed by atoms with E-state index in [1.165, 1.54) is 12.1 Å². The Morgan fingerprint density at radius 2 is 1.96 bits per heavy atom. The van der Waals surface area contributed by atoms with Gasteiger partial charge in [-0.3, -0.25) is 9.98 Å². The summed E-state index contributed by atoms with van der Waals surface area (Å²) in [6, 6.07) is 4.61. The van der Waals surface area contributed by atoms with E-state index in [1.807, 2.05) is 13.8 Å². The summed E-state index contributed by atoms with van der Waals surface area (Å²) in [4.78, 5) is 8.41. The number of aryl methyl sites for hydroxylation is 1. The number of halogens is 1. The average Bonchev–Trinajstić information content (AvgIpc) is 2.69. The van der Waals surface area contributed by atoms with Crippen molar-refractivity contribution in [3.63, 3.8) is 0 Å². The van der Waals surface area contributed by atoms with E-state index < -0.39 is 5.82 Å². The summed E-state index contributed by atoms with van der Waals surface area (Å²) in [5, 5.41) is 10.1. The van der Waals surface area contributed by atoms with Gasteiger partial charge in [0, 0.05) is 29.2 Å². The van der Waals surface area contributed by atoms with Crippen molar-refractivity contribution in [1.82, 2.24) is 4.98 Å². The van der Waals surface area contributed by atoms with Gasteiger partial charge in [0.1, 0.15) is 11.6 Å². The van der Waals surface area contributed by atoms with Gasteiger partial charge in [0.25, 0.3) is 0 Å². The molecule has 2 aromatic rings. The van der Waals surface area contributed by atoms with Crippen molar-refractivity contribution in [1.29, 1.82) is 0 Å². The van der Waals surface area contributed by atoms with E-state index in [2.05, 4.69) is 9.98 Å². The number of hydrogen-bond acceptors (Lipinski definition) is 4. The predicted molar refractivity (Wildman–Crippen MR) is 91.1 cm³/mol. The van der Waals surface area contributed by atoms with Gasteiger partial charge in [0.2, 0.25) is 0 Å². The SMILES string of the molecule is CC.Cc1cc(O)c(C2=NCC=C(N)c3cnccc32)c(F)c1. The quantitative estimate of drug-likeness (QED) is 0.847. The lowest BCUT2D eigenvalue weighted by atomic mass is 9.96. The lowest BCUT2D eigenvalue weighted by Crippen LogP contribution is -2.10. The summed E-state index contributed by atoms with van der Waals surface area (Å²) in [5.74, 6) is -0.635. The number of aromatic nitrogens is 1. The number of aromatic hydroxyl groups is 1. The molecule has 4 nitrogen and oxygen atoms in total. The molecule has 0 unspecified atom stereocenters. The first-order valence-electron chi connectivity index (χ1n) is 7.52. The van der Waals surface area contributed by atoms with Crippen LogP contribution in [-0.4, -0.2) is 22.3 Å². The van der Waals surface area contributed by atoms with E-state index >= 15 is 0 Å². The molecule has 1 aromatic heterocycles. The molecule has 1 aromatic carbocycles. The predicted octanol–water partition coefficient (Wildman–Crippen LogP) is 3.41. The molecule has 5 heteroatoms. The maximum absolute atomic E-state index is 14.3. The van der Waals surface area contributed by atoms with Crippen molar-refractivity contribution in [3.05, 3.63) is 64.7 Å². The Morgan fingerprint density at radius 1 is 1.22 bits per heavy atom. The molecule has 3 rings (SSSR count). The second kappa shape index (κ2) is 7.05. The highest BCUT2D eigenvalue weighted by atomic mass is 19.1. The molecule has 1 aliphatic heterocycles. The van der Waals surface area contributed by atoms with E-state index in [-0.39, 0.29) is 11.3 Å². The van der Waals surface area contributed by atoms with Crippen LogP contribution in [0.1, 0.15) is 36.1 Å². The Balaban J connectivity index is 0.000000924. The number of phenols is 1. The normalized spacial score (nSPS) is 13.0. The minimum Gasteiger partial charge on any atom is -0.507 e. The molecular weight excluding hydrogens is 293 g/mol. The largest absolute Gasteiger partial charge is 0.507 e. The zero-order valence-corrected chi connectivity index (χ0v) is 13.5. The van der Waals surface area contributed by atoms with Crippen LogP contribution in [0.3, 0.4) is 0 Å². The second-order valence-electron chi connectivity index (χ2n) is 4.91. The summed E-state index contributed by atoms with van der Waals surface area (Å²) >= 11 is 0. The first kappa shape index (κ1) is 16.7. The third kappa shape index (κ3) is 3.23. The van der Waals surface area contributed by atoms with Crippen LogP contribution < -0.4 is 5.73 Å². The van der Waals surface area contributed by atoms with Crippen LogP contribution in [-0.2, 0) is 0 Å². The van der Waals surface area contributed by atoms with Gasteiger partial charge >= 0.3 is 0 Å². The topological polar surface area (TPSA) is 71.5 Å². The maximum atomic E-state index is 14.3. The third-order valence-corrected chi connectivity index (χ3v) is 3.40. The molecule has 120 valence electrons. The second-order valence-corrected chi connectivity index (χ2v) is 4.91. The van der Waals surface area contributed by atoms with Gasteiger partial charge in [-0.05, 0) is 36.8 Å². The van der Waals surface area contributed by atoms with Gasteiger partial charge in [-0.1, -0.05) is 13.8 Å². The van der Waals surface area contributed by atoms with Crippen LogP contribution in [0, 0.1) is 12.7 Å². The molecule has 2 heterocycles. The number of rotatable bonds is 1. The highest BCUT2D eigenvalue weighted by Crippen LogP contribution is 2.29. The number of pyridine rings is 1. The Labute approximate surface area is 135 Å². The fourth-order valence-corrected chi connectivity index (χ4v) is 2.43. The summed E-state index contributed by atoms with van der Waals surface area (Å²) < 4.78 is 14.3. The fourth-order valence-electron chi connectivity index (χ4n) is 2.43. The van der Waals surface area contributed by atoms with Gasteiger partial charge in [0.15, 0.2) is 0 Å². The molecule has 3 N–H and O–H groups in total. The van der Waals surface area contributed by atoms with E-state index in [1.54, 1.807) is 31.5 Å². The van der Waals surface area contributed by atoms with Gasteiger partial charge in [-0.25, -0.2) is 4.39 Å². The molecule has 0 bridgehead atoms. The van der Waals surface area contributed by atoms with Crippen LogP contribution in [0.5, 0.6) is 5.75 Å². The first-order valence-corrected chi connectivity index (χ1v) is 7.52. The Hall–Kier alpha value is -2.69. The van der Waals surface area contributed by atoms with Crippen molar-refractivity contribution < 1.29 is 9.50 Å². The monoisotopic (exact) mass is 313 g/mol. The first-order chi connectivity index (χ1) is 11.1. The van der Waals surface area contributed by atoms with Gasteiger partial charge in [-0.15, -0.1) is 0 Å². The summed E-state index contributed by atoms with van der Waals surface area (Å²) in [6.07, 6.45) is 4.96. The number of aliphatic imine (C=N–C) groups is 1.